The summed E-state index contributed by atoms with van der Waals surface area (Å²) in [6, 6.07) is 19.8. The molecule has 2 aliphatic rings. The van der Waals surface area contributed by atoms with Crippen LogP contribution in [0.4, 0.5) is 4.39 Å². The fraction of sp³-hybridized carbons (Fsp3) is 0.333. The van der Waals surface area contributed by atoms with E-state index < -0.39 is 5.54 Å². The predicted octanol–water partition coefficient (Wildman–Crippen LogP) is 6.09. The molecule has 37 heavy (non-hydrogen) atoms. The molecule has 5 nitrogen and oxygen atoms in total. The number of nitrogens with one attached hydrogen (secondary N) is 1. The van der Waals surface area contributed by atoms with Crippen molar-refractivity contribution in [1.82, 2.24) is 14.8 Å². The van der Waals surface area contributed by atoms with Gasteiger partial charge in [0.25, 0.3) is 11.8 Å². The predicted molar refractivity (Wildman–Crippen MR) is 144 cm³/mol. The van der Waals surface area contributed by atoms with Crippen LogP contribution in [-0.4, -0.2) is 27.3 Å². The van der Waals surface area contributed by atoms with Crippen LogP contribution in [0.25, 0.3) is 10.2 Å². The molecular formula is C30H30FN3O2S. The summed E-state index contributed by atoms with van der Waals surface area (Å²) in [6.45, 7) is 2.77. The summed E-state index contributed by atoms with van der Waals surface area (Å²) in [5.74, 6) is -0.0232. The molecule has 1 fully saturated rings. The summed E-state index contributed by atoms with van der Waals surface area (Å²) in [5.41, 5.74) is 1.84. The Labute approximate surface area is 219 Å². The molecule has 1 aliphatic heterocycles. The highest BCUT2D eigenvalue weighted by atomic mass is 32.1. The fourth-order valence-electron chi connectivity index (χ4n) is 5.93. The van der Waals surface area contributed by atoms with Gasteiger partial charge in [-0.1, -0.05) is 49.4 Å². The molecule has 1 atom stereocenters. The van der Waals surface area contributed by atoms with E-state index in [2.05, 4.69) is 12.2 Å². The summed E-state index contributed by atoms with van der Waals surface area (Å²) in [4.78, 5) is 30.4. The van der Waals surface area contributed by atoms with E-state index in [4.69, 9.17) is 0 Å². The van der Waals surface area contributed by atoms with Crippen LogP contribution in [0.15, 0.2) is 72.1 Å². The monoisotopic (exact) mass is 515 g/mol. The van der Waals surface area contributed by atoms with Crippen molar-refractivity contribution >= 4 is 33.4 Å². The number of rotatable bonds is 5. The van der Waals surface area contributed by atoms with E-state index in [-0.39, 0.29) is 30.2 Å². The second-order valence-corrected chi connectivity index (χ2v) is 11.4. The molecule has 0 spiro atoms. The standard InChI is InChI=1S/C30H30FN3O2S/c1-20-7-13-24(14-8-20)32-29(36)30(22-5-3-2-4-6-22)19-33-25-15-16-37-27(25)17-26(33)28(35)34(30)18-21-9-11-23(31)12-10-21/h2-6,9-12,15-17,20,24H,7-8,13-14,18-19H2,1H3,(H,32,36)/t20?,24?,30-/m0/s1. The van der Waals surface area contributed by atoms with Crippen LogP contribution in [-0.2, 0) is 23.4 Å². The largest absolute Gasteiger partial charge is 0.351 e. The Morgan fingerprint density at radius 3 is 2.51 bits per heavy atom. The summed E-state index contributed by atoms with van der Waals surface area (Å²) in [5, 5.41) is 5.37. The lowest BCUT2D eigenvalue weighted by molar-refractivity contribution is -0.136. The Balaban J connectivity index is 1.50. The van der Waals surface area contributed by atoms with E-state index in [0.717, 1.165) is 47.0 Å². The third-order valence-corrected chi connectivity index (χ3v) is 8.92. The molecule has 3 heterocycles. The topological polar surface area (TPSA) is 54.3 Å². The van der Waals surface area contributed by atoms with E-state index >= 15 is 0 Å². The Morgan fingerprint density at radius 2 is 1.78 bits per heavy atom. The minimum absolute atomic E-state index is 0.0827. The van der Waals surface area contributed by atoms with Gasteiger partial charge in [0.1, 0.15) is 11.5 Å². The number of hydrogen-bond acceptors (Lipinski definition) is 3. The van der Waals surface area contributed by atoms with Crippen LogP contribution < -0.4 is 5.32 Å². The molecule has 1 saturated carbocycles. The maximum atomic E-state index is 14.5. The zero-order valence-electron chi connectivity index (χ0n) is 20.8. The smallest absolute Gasteiger partial charge is 0.272 e. The summed E-state index contributed by atoms with van der Waals surface area (Å²) in [7, 11) is 0. The molecule has 0 unspecified atom stereocenters. The molecule has 2 aromatic carbocycles. The molecule has 2 amide bonds. The second-order valence-electron chi connectivity index (χ2n) is 10.5. The lowest BCUT2D eigenvalue weighted by Crippen LogP contribution is -2.64. The molecule has 0 saturated heterocycles. The third-order valence-electron chi connectivity index (χ3n) is 8.07. The molecule has 1 N–H and O–H groups in total. The SMILES string of the molecule is CC1CCC(NC(=O)[C@@]2(c3ccccc3)Cn3c(cc4sccc43)C(=O)N2Cc2ccc(F)cc2)CC1. The lowest BCUT2D eigenvalue weighted by Gasteiger charge is -2.47. The minimum atomic E-state index is -1.25. The highest BCUT2D eigenvalue weighted by Gasteiger charge is 2.53. The van der Waals surface area contributed by atoms with Crippen molar-refractivity contribution in [2.75, 3.05) is 0 Å². The third kappa shape index (κ3) is 4.15. The van der Waals surface area contributed by atoms with Gasteiger partial charge in [0.05, 0.1) is 16.8 Å². The van der Waals surface area contributed by atoms with Crippen molar-refractivity contribution in [2.45, 2.75) is 57.3 Å². The highest BCUT2D eigenvalue weighted by Crippen LogP contribution is 2.41. The van der Waals surface area contributed by atoms with Gasteiger partial charge in [0.15, 0.2) is 5.54 Å². The van der Waals surface area contributed by atoms with Gasteiger partial charge in [-0.25, -0.2) is 4.39 Å². The maximum Gasteiger partial charge on any atom is 0.272 e. The fourth-order valence-corrected chi connectivity index (χ4v) is 6.75. The average Bonchev–Trinajstić information content (AvgIpc) is 3.51. The van der Waals surface area contributed by atoms with Gasteiger partial charge in [0.2, 0.25) is 0 Å². The summed E-state index contributed by atoms with van der Waals surface area (Å²) >= 11 is 1.59. The number of fused-ring (bicyclic) bond motifs is 3. The molecule has 0 radical (unpaired) electrons. The first-order valence-corrected chi connectivity index (χ1v) is 13.8. The van der Waals surface area contributed by atoms with Crippen molar-refractivity contribution in [3.8, 4) is 0 Å². The van der Waals surface area contributed by atoms with Crippen molar-refractivity contribution in [2.24, 2.45) is 5.92 Å². The van der Waals surface area contributed by atoms with Crippen molar-refractivity contribution in [1.29, 1.82) is 0 Å². The normalized spacial score (nSPS) is 23.7. The average molecular weight is 516 g/mol. The van der Waals surface area contributed by atoms with Crippen LogP contribution in [0.2, 0.25) is 0 Å². The maximum absolute atomic E-state index is 14.5. The molecule has 190 valence electrons. The summed E-state index contributed by atoms with van der Waals surface area (Å²) < 4.78 is 16.7. The number of carbonyl (C=O) groups is 2. The van der Waals surface area contributed by atoms with E-state index in [9.17, 15) is 14.0 Å². The zero-order valence-corrected chi connectivity index (χ0v) is 21.6. The van der Waals surface area contributed by atoms with Gasteiger partial charge in [-0.2, -0.15) is 0 Å². The molecule has 0 bridgehead atoms. The van der Waals surface area contributed by atoms with Crippen molar-refractivity contribution in [3.05, 3.63) is 94.7 Å². The van der Waals surface area contributed by atoms with Crippen LogP contribution in [0, 0.1) is 11.7 Å². The van der Waals surface area contributed by atoms with Crippen LogP contribution in [0.3, 0.4) is 0 Å². The van der Waals surface area contributed by atoms with Crippen LogP contribution in [0.1, 0.15) is 54.2 Å². The van der Waals surface area contributed by atoms with Gasteiger partial charge in [0, 0.05) is 12.6 Å². The molecule has 7 heteroatoms. The second kappa shape index (κ2) is 9.45. The molecule has 4 aromatic rings. The lowest BCUT2D eigenvalue weighted by atomic mass is 9.82. The quantitative estimate of drug-likeness (QED) is 0.350. The number of thiophene rings is 1. The number of amides is 2. The van der Waals surface area contributed by atoms with E-state index in [1.165, 1.54) is 12.1 Å². The minimum Gasteiger partial charge on any atom is -0.351 e. The number of halogens is 1. The van der Waals surface area contributed by atoms with Crippen molar-refractivity contribution < 1.29 is 14.0 Å². The Morgan fingerprint density at radius 1 is 1.05 bits per heavy atom. The first-order chi connectivity index (χ1) is 18.0. The molecule has 6 rings (SSSR count). The summed E-state index contributed by atoms with van der Waals surface area (Å²) in [6.07, 6.45) is 4.04. The number of nitrogens with zero attached hydrogens (tertiary/aromatic N) is 2. The van der Waals surface area contributed by atoms with Crippen molar-refractivity contribution in [3.63, 3.8) is 0 Å². The van der Waals surface area contributed by atoms with E-state index in [1.807, 2.05) is 52.4 Å². The zero-order chi connectivity index (χ0) is 25.6. The van der Waals surface area contributed by atoms with Crippen LogP contribution in [0.5, 0.6) is 0 Å². The molecule has 2 aromatic heterocycles. The van der Waals surface area contributed by atoms with Gasteiger partial charge in [-0.3, -0.25) is 9.59 Å². The molecular weight excluding hydrogens is 485 g/mol. The van der Waals surface area contributed by atoms with Gasteiger partial charge >= 0.3 is 0 Å². The number of benzene rings is 2. The van der Waals surface area contributed by atoms with Gasteiger partial charge < -0.3 is 14.8 Å². The van der Waals surface area contributed by atoms with E-state index in [1.54, 1.807) is 28.4 Å². The highest BCUT2D eigenvalue weighted by molar-refractivity contribution is 7.17. The van der Waals surface area contributed by atoms with Crippen LogP contribution >= 0.6 is 11.3 Å². The Bertz CT molecular complexity index is 1440. The number of carbonyl (C=O) groups excluding carboxylic acids is 2. The van der Waals surface area contributed by atoms with E-state index in [0.29, 0.717) is 18.2 Å². The first-order valence-electron chi connectivity index (χ1n) is 13.0. The Hall–Kier alpha value is -3.45. The first kappa shape index (κ1) is 23.9. The van der Waals surface area contributed by atoms with Gasteiger partial charge in [-0.05, 0) is 72.4 Å². The number of aromatic nitrogens is 1. The Kier molecular flexibility index (Phi) is 6.11. The molecule has 1 aliphatic carbocycles. The van der Waals surface area contributed by atoms with Gasteiger partial charge in [-0.15, -0.1) is 11.3 Å². The number of hydrogen-bond donors (Lipinski definition) is 1.